The summed E-state index contributed by atoms with van der Waals surface area (Å²) in [6.45, 7) is 1.99. The fourth-order valence-electron chi connectivity index (χ4n) is 1.57. The largest absolute Gasteiger partial charge is 0.472 e. The third kappa shape index (κ3) is 2.61. The lowest BCUT2D eigenvalue weighted by atomic mass is 10.1. The molecule has 0 fully saturated rings. The van der Waals surface area contributed by atoms with Crippen LogP contribution in [0.15, 0.2) is 41.2 Å². The molecule has 1 aromatic heterocycles. The monoisotopic (exact) mass is 246 g/mol. The predicted octanol–water partition coefficient (Wildman–Crippen LogP) is 3.98. The average Bonchev–Trinajstić information content (AvgIpc) is 2.83. The highest BCUT2D eigenvalue weighted by atomic mass is 35.5. The van der Waals surface area contributed by atoms with Crippen LogP contribution in [0.25, 0.3) is 0 Å². The van der Waals surface area contributed by atoms with Gasteiger partial charge in [-0.1, -0.05) is 11.6 Å². The van der Waals surface area contributed by atoms with Crippen molar-refractivity contribution < 1.29 is 4.42 Å². The maximum Gasteiger partial charge on any atom is 0.101 e. The van der Waals surface area contributed by atoms with Crippen LogP contribution in [0.2, 0.25) is 5.02 Å². The van der Waals surface area contributed by atoms with Crippen molar-refractivity contribution in [3.05, 3.63) is 52.9 Å². The number of furan rings is 1. The second-order valence-corrected chi connectivity index (χ2v) is 4.16. The first kappa shape index (κ1) is 11.6. The zero-order valence-corrected chi connectivity index (χ0v) is 10.0. The first-order chi connectivity index (χ1) is 8.20. The van der Waals surface area contributed by atoms with Crippen LogP contribution >= 0.6 is 11.6 Å². The van der Waals surface area contributed by atoms with Gasteiger partial charge in [-0.2, -0.15) is 5.26 Å². The van der Waals surface area contributed by atoms with E-state index in [0.717, 1.165) is 11.3 Å². The lowest BCUT2D eigenvalue weighted by molar-refractivity contribution is 0.562. The van der Waals surface area contributed by atoms with Crippen LogP contribution < -0.4 is 5.32 Å². The van der Waals surface area contributed by atoms with Crippen LogP contribution in [0.1, 0.15) is 24.1 Å². The van der Waals surface area contributed by atoms with Crippen molar-refractivity contribution in [3.63, 3.8) is 0 Å². The molecule has 17 heavy (non-hydrogen) atoms. The number of rotatable bonds is 3. The molecule has 1 atom stereocenters. The minimum atomic E-state index is 0.0549. The van der Waals surface area contributed by atoms with Crippen LogP contribution in [0, 0.1) is 11.3 Å². The minimum absolute atomic E-state index is 0.0549. The number of hydrogen-bond acceptors (Lipinski definition) is 3. The Morgan fingerprint density at radius 3 is 2.88 bits per heavy atom. The van der Waals surface area contributed by atoms with E-state index < -0.39 is 0 Å². The molecule has 1 unspecified atom stereocenters. The van der Waals surface area contributed by atoms with E-state index in [-0.39, 0.29) is 6.04 Å². The smallest absolute Gasteiger partial charge is 0.101 e. The Balaban J connectivity index is 2.24. The lowest BCUT2D eigenvalue weighted by Crippen LogP contribution is -2.06. The van der Waals surface area contributed by atoms with Crippen molar-refractivity contribution in [2.24, 2.45) is 0 Å². The van der Waals surface area contributed by atoms with Gasteiger partial charge in [-0.15, -0.1) is 0 Å². The van der Waals surface area contributed by atoms with Crippen LogP contribution in [0.3, 0.4) is 0 Å². The van der Waals surface area contributed by atoms with E-state index >= 15 is 0 Å². The van der Waals surface area contributed by atoms with Gasteiger partial charge in [0, 0.05) is 10.6 Å². The Kier molecular flexibility index (Phi) is 3.36. The Bertz CT molecular complexity index is 543. The highest BCUT2D eigenvalue weighted by molar-refractivity contribution is 6.30. The summed E-state index contributed by atoms with van der Waals surface area (Å²) >= 11 is 5.91. The summed E-state index contributed by atoms with van der Waals surface area (Å²) in [5.74, 6) is 0. The highest BCUT2D eigenvalue weighted by Crippen LogP contribution is 2.25. The molecule has 0 saturated heterocycles. The normalized spacial score (nSPS) is 11.8. The summed E-state index contributed by atoms with van der Waals surface area (Å²) in [7, 11) is 0. The topological polar surface area (TPSA) is 49.0 Å². The number of anilines is 1. The Hall–Kier alpha value is -1.92. The van der Waals surface area contributed by atoms with Crippen molar-refractivity contribution in [1.29, 1.82) is 5.26 Å². The second-order valence-electron chi connectivity index (χ2n) is 3.72. The molecule has 0 aliphatic carbocycles. The summed E-state index contributed by atoms with van der Waals surface area (Å²) in [5, 5.41) is 12.8. The number of benzene rings is 1. The van der Waals surface area contributed by atoms with Crippen molar-refractivity contribution in [3.8, 4) is 6.07 Å². The molecule has 0 bridgehead atoms. The molecule has 0 saturated carbocycles. The molecule has 1 aromatic carbocycles. The average molecular weight is 247 g/mol. The lowest BCUT2D eigenvalue weighted by Gasteiger charge is -2.14. The molecule has 0 amide bonds. The second kappa shape index (κ2) is 4.94. The fourth-order valence-corrected chi connectivity index (χ4v) is 1.74. The van der Waals surface area contributed by atoms with Crippen LogP contribution in [0.5, 0.6) is 0 Å². The van der Waals surface area contributed by atoms with Gasteiger partial charge in [-0.05, 0) is 31.2 Å². The molecule has 0 aliphatic rings. The number of nitriles is 1. The molecular formula is C13H11ClN2O. The van der Waals surface area contributed by atoms with Gasteiger partial charge in [0.1, 0.15) is 6.07 Å². The molecule has 4 heteroatoms. The maximum atomic E-state index is 9.00. The van der Waals surface area contributed by atoms with Gasteiger partial charge in [0.15, 0.2) is 0 Å². The van der Waals surface area contributed by atoms with Crippen LogP contribution in [-0.2, 0) is 0 Å². The molecule has 86 valence electrons. The molecule has 0 spiro atoms. The van der Waals surface area contributed by atoms with Gasteiger partial charge in [0.05, 0.1) is 29.8 Å². The Labute approximate surface area is 105 Å². The summed E-state index contributed by atoms with van der Waals surface area (Å²) in [6.07, 6.45) is 3.30. The minimum Gasteiger partial charge on any atom is -0.472 e. The van der Waals surface area contributed by atoms with E-state index in [4.69, 9.17) is 21.3 Å². The third-order valence-electron chi connectivity index (χ3n) is 2.52. The standard InChI is InChI=1S/C13H11ClN2O/c1-9(11-4-5-17-8-11)16-13-6-12(14)3-2-10(13)7-15/h2-6,8-9,16H,1H3. The van der Waals surface area contributed by atoms with Gasteiger partial charge < -0.3 is 9.73 Å². The summed E-state index contributed by atoms with van der Waals surface area (Å²) in [4.78, 5) is 0. The van der Waals surface area contributed by atoms with Gasteiger partial charge in [0.2, 0.25) is 0 Å². The Morgan fingerprint density at radius 2 is 2.24 bits per heavy atom. The van der Waals surface area contributed by atoms with E-state index in [1.165, 1.54) is 0 Å². The van der Waals surface area contributed by atoms with Gasteiger partial charge in [-0.25, -0.2) is 0 Å². The highest BCUT2D eigenvalue weighted by Gasteiger charge is 2.09. The first-order valence-electron chi connectivity index (χ1n) is 5.19. The molecule has 2 rings (SSSR count). The van der Waals surface area contributed by atoms with Crippen LogP contribution in [-0.4, -0.2) is 0 Å². The molecule has 0 aliphatic heterocycles. The van der Waals surface area contributed by atoms with E-state index in [9.17, 15) is 0 Å². The van der Waals surface area contributed by atoms with Gasteiger partial charge >= 0.3 is 0 Å². The quantitative estimate of drug-likeness (QED) is 0.891. The summed E-state index contributed by atoms with van der Waals surface area (Å²) in [6, 6.07) is 9.22. The van der Waals surface area contributed by atoms with Crippen molar-refractivity contribution >= 4 is 17.3 Å². The molecule has 3 nitrogen and oxygen atoms in total. The van der Waals surface area contributed by atoms with Crippen molar-refractivity contribution in [2.45, 2.75) is 13.0 Å². The number of nitrogens with zero attached hydrogens (tertiary/aromatic N) is 1. The SMILES string of the molecule is CC(Nc1cc(Cl)ccc1C#N)c1ccoc1. The molecule has 2 aromatic rings. The summed E-state index contributed by atoms with van der Waals surface area (Å²) < 4.78 is 5.02. The summed E-state index contributed by atoms with van der Waals surface area (Å²) in [5.41, 5.74) is 2.33. The first-order valence-corrected chi connectivity index (χ1v) is 5.57. The van der Waals surface area contributed by atoms with E-state index in [1.54, 1.807) is 30.7 Å². The number of nitrogens with one attached hydrogen (secondary N) is 1. The number of hydrogen-bond donors (Lipinski definition) is 1. The molecular weight excluding hydrogens is 236 g/mol. The van der Waals surface area contributed by atoms with E-state index in [1.807, 2.05) is 13.0 Å². The van der Waals surface area contributed by atoms with Crippen molar-refractivity contribution in [1.82, 2.24) is 0 Å². The van der Waals surface area contributed by atoms with Gasteiger partial charge in [-0.3, -0.25) is 0 Å². The third-order valence-corrected chi connectivity index (χ3v) is 2.75. The van der Waals surface area contributed by atoms with Gasteiger partial charge in [0.25, 0.3) is 0 Å². The molecule has 0 radical (unpaired) electrons. The number of halogens is 1. The molecule has 1 heterocycles. The molecule has 1 N–H and O–H groups in total. The zero-order chi connectivity index (χ0) is 12.3. The fraction of sp³-hybridized carbons (Fsp3) is 0.154. The Morgan fingerprint density at radius 1 is 1.41 bits per heavy atom. The predicted molar refractivity (Wildman–Crippen MR) is 66.9 cm³/mol. The van der Waals surface area contributed by atoms with E-state index in [2.05, 4.69) is 11.4 Å². The van der Waals surface area contributed by atoms with Crippen molar-refractivity contribution in [2.75, 3.05) is 5.32 Å². The maximum absolute atomic E-state index is 9.00. The zero-order valence-electron chi connectivity index (χ0n) is 9.27. The van der Waals surface area contributed by atoms with Crippen LogP contribution in [0.4, 0.5) is 5.69 Å². The van der Waals surface area contributed by atoms with E-state index in [0.29, 0.717) is 10.6 Å².